The largest absolute Gasteiger partial charge is 0.368 e. The summed E-state index contributed by atoms with van der Waals surface area (Å²) in [7, 11) is 0. The number of aromatic nitrogens is 1. The Balaban J connectivity index is 3.02. The van der Waals surface area contributed by atoms with Gasteiger partial charge in [-0.15, -0.1) is 0 Å². The van der Waals surface area contributed by atoms with E-state index in [1.165, 1.54) is 0 Å². The zero-order valence-electron chi connectivity index (χ0n) is 10.0. The molecule has 4 nitrogen and oxygen atoms in total. The van der Waals surface area contributed by atoms with E-state index >= 15 is 0 Å². The first-order chi connectivity index (χ1) is 7.50. The molecule has 0 saturated heterocycles. The number of rotatable bonds is 5. The second-order valence-corrected chi connectivity index (χ2v) is 4.16. The average Bonchev–Trinajstić information content (AvgIpc) is 2.29. The van der Waals surface area contributed by atoms with Gasteiger partial charge in [0.05, 0.1) is 5.69 Å². The highest BCUT2D eigenvalue weighted by atomic mass is 16.1. The molecule has 0 aliphatic carbocycles. The molecule has 0 aliphatic rings. The van der Waals surface area contributed by atoms with E-state index in [0.29, 0.717) is 5.69 Å². The van der Waals surface area contributed by atoms with Gasteiger partial charge in [-0.05, 0) is 32.4 Å². The normalized spacial score (nSPS) is 16.4. The summed E-state index contributed by atoms with van der Waals surface area (Å²) < 4.78 is 0. The molecule has 2 unspecified atom stereocenters. The average molecular weight is 221 g/mol. The van der Waals surface area contributed by atoms with Crippen LogP contribution in [-0.4, -0.2) is 16.9 Å². The van der Waals surface area contributed by atoms with Gasteiger partial charge in [0.25, 0.3) is 0 Å². The minimum Gasteiger partial charge on any atom is -0.368 e. The highest BCUT2D eigenvalue weighted by Gasteiger charge is 2.35. The van der Waals surface area contributed by atoms with Gasteiger partial charge in [0, 0.05) is 12.2 Å². The molecule has 2 atom stereocenters. The number of amides is 1. The fourth-order valence-corrected chi connectivity index (χ4v) is 1.52. The van der Waals surface area contributed by atoms with Gasteiger partial charge in [0.1, 0.15) is 5.54 Å². The molecule has 4 heteroatoms. The van der Waals surface area contributed by atoms with Gasteiger partial charge in [0.2, 0.25) is 5.91 Å². The first-order valence-electron chi connectivity index (χ1n) is 5.49. The van der Waals surface area contributed by atoms with Gasteiger partial charge in [-0.1, -0.05) is 13.0 Å². The zero-order valence-corrected chi connectivity index (χ0v) is 10.0. The van der Waals surface area contributed by atoms with Crippen molar-refractivity contribution in [2.45, 2.75) is 38.8 Å². The van der Waals surface area contributed by atoms with Gasteiger partial charge < -0.3 is 5.73 Å². The molecule has 0 aromatic carbocycles. The number of nitrogens with one attached hydrogen (secondary N) is 1. The van der Waals surface area contributed by atoms with Crippen LogP contribution >= 0.6 is 0 Å². The summed E-state index contributed by atoms with van der Waals surface area (Å²) in [6.07, 6.45) is 2.59. The topological polar surface area (TPSA) is 68.0 Å². The van der Waals surface area contributed by atoms with Gasteiger partial charge in [-0.2, -0.15) is 0 Å². The highest BCUT2D eigenvalue weighted by Crippen LogP contribution is 2.19. The van der Waals surface area contributed by atoms with E-state index in [-0.39, 0.29) is 6.04 Å². The van der Waals surface area contributed by atoms with E-state index < -0.39 is 11.4 Å². The van der Waals surface area contributed by atoms with Crippen LogP contribution in [0.4, 0.5) is 0 Å². The lowest BCUT2D eigenvalue weighted by Crippen LogP contribution is -2.53. The van der Waals surface area contributed by atoms with Crippen LogP contribution in [0.5, 0.6) is 0 Å². The Morgan fingerprint density at radius 3 is 2.75 bits per heavy atom. The Morgan fingerprint density at radius 1 is 1.62 bits per heavy atom. The number of pyridine rings is 1. The fraction of sp³-hybridized carbons (Fsp3) is 0.500. The number of carbonyl (C=O) groups is 1. The predicted octanol–water partition coefficient (Wildman–Crippen LogP) is 1.17. The number of hydrogen-bond acceptors (Lipinski definition) is 3. The van der Waals surface area contributed by atoms with Gasteiger partial charge >= 0.3 is 0 Å². The van der Waals surface area contributed by atoms with Crippen LogP contribution in [0.2, 0.25) is 0 Å². The van der Waals surface area contributed by atoms with Crippen molar-refractivity contribution in [2.24, 2.45) is 5.73 Å². The molecule has 88 valence electrons. The maximum absolute atomic E-state index is 11.6. The first-order valence-corrected chi connectivity index (χ1v) is 5.49. The van der Waals surface area contributed by atoms with Crippen molar-refractivity contribution in [3.05, 3.63) is 30.1 Å². The first kappa shape index (κ1) is 12.6. The van der Waals surface area contributed by atoms with Crippen LogP contribution in [0.15, 0.2) is 24.4 Å². The molecule has 16 heavy (non-hydrogen) atoms. The molecule has 1 aromatic heterocycles. The summed E-state index contributed by atoms with van der Waals surface area (Å²) in [5, 5.41) is 3.22. The van der Waals surface area contributed by atoms with Crippen molar-refractivity contribution in [3.63, 3.8) is 0 Å². The second kappa shape index (κ2) is 5.07. The molecule has 1 rings (SSSR count). The molecule has 0 fully saturated rings. The van der Waals surface area contributed by atoms with Crippen LogP contribution in [-0.2, 0) is 10.3 Å². The van der Waals surface area contributed by atoms with Crippen LogP contribution in [0.1, 0.15) is 32.9 Å². The summed E-state index contributed by atoms with van der Waals surface area (Å²) in [5.41, 5.74) is 5.21. The standard InChI is InChI=1S/C12H19N3O/c1-4-9(2)15-12(3,11(13)16)10-7-5-6-8-14-10/h5-9,15H,4H2,1-3H3,(H2,13,16). The lowest BCUT2D eigenvalue weighted by atomic mass is 9.94. The van der Waals surface area contributed by atoms with Crippen molar-refractivity contribution in [1.82, 2.24) is 10.3 Å². The molecule has 0 saturated carbocycles. The van der Waals surface area contributed by atoms with E-state index in [4.69, 9.17) is 5.73 Å². The molecular formula is C12H19N3O. The Morgan fingerprint density at radius 2 is 2.31 bits per heavy atom. The SMILES string of the molecule is CCC(C)NC(C)(C(N)=O)c1ccccn1. The summed E-state index contributed by atoms with van der Waals surface area (Å²) in [6, 6.07) is 5.68. The van der Waals surface area contributed by atoms with Crippen LogP contribution in [0.25, 0.3) is 0 Å². The third-order valence-electron chi connectivity index (χ3n) is 2.82. The molecule has 1 heterocycles. The molecule has 3 N–H and O–H groups in total. The number of hydrogen-bond donors (Lipinski definition) is 2. The number of primary amides is 1. The second-order valence-electron chi connectivity index (χ2n) is 4.16. The van der Waals surface area contributed by atoms with Gasteiger partial charge in [-0.25, -0.2) is 0 Å². The summed E-state index contributed by atoms with van der Waals surface area (Å²) in [4.78, 5) is 15.8. The number of carbonyl (C=O) groups excluding carboxylic acids is 1. The van der Waals surface area contributed by atoms with Gasteiger partial charge in [-0.3, -0.25) is 15.1 Å². The van der Waals surface area contributed by atoms with Crippen molar-refractivity contribution < 1.29 is 4.79 Å². The summed E-state index contributed by atoms with van der Waals surface area (Å²) in [6.45, 7) is 5.84. The Kier molecular flexibility index (Phi) is 4.01. The minimum atomic E-state index is -0.906. The molecule has 0 aliphatic heterocycles. The van der Waals surface area contributed by atoms with Gasteiger partial charge in [0.15, 0.2) is 0 Å². The van der Waals surface area contributed by atoms with Crippen LogP contribution < -0.4 is 11.1 Å². The third kappa shape index (κ3) is 2.58. The van der Waals surface area contributed by atoms with Crippen molar-refractivity contribution >= 4 is 5.91 Å². The van der Waals surface area contributed by atoms with E-state index in [1.54, 1.807) is 19.2 Å². The van der Waals surface area contributed by atoms with E-state index in [9.17, 15) is 4.79 Å². The quantitative estimate of drug-likeness (QED) is 0.784. The fourth-order valence-electron chi connectivity index (χ4n) is 1.52. The summed E-state index contributed by atoms with van der Waals surface area (Å²) >= 11 is 0. The van der Waals surface area contributed by atoms with Crippen molar-refractivity contribution in [3.8, 4) is 0 Å². The molecule has 1 amide bonds. The van der Waals surface area contributed by atoms with E-state index in [1.807, 2.05) is 19.1 Å². The van der Waals surface area contributed by atoms with E-state index in [2.05, 4.69) is 17.2 Å². The lowest BCUT2D eigenvalue weighted by Gasteiger charge is -2.30. The monoisotopic (exact) mass is 221 g/mol. The molecule has 0 radical (unpaired) electrons. The molecule has 1 aromatic rings. The Labute approximate surface area is 96.3 Å². The zero-order chi connectivity index (χ0) is 12.2. The highest BCUT2D eigenvalue weighted by molar-refractivity contribution is 5.85. The predicted molar refractivity (Wildman–Crippen MR) is 63.7 cm³/mol. The lowest BCUT2D eigenvalue weighted by molar-refractivity contribution is -0.124. The smallest absolute Gasteiger partial charge is 0.243 e. The Bertz CT molecular complexity index is 353. The maximum Gasteiger partial charge on any atom is 0.243 e. The molecule has 0 spiro atoms. The van der Waals surface area contributed by atoms with Crippen LogP contribution in [0.3, 0.4) is 0 Å². The third-order valence-corrected chi connectivity index (χ3v) is 2.82. The maximum atomic E-state index is 11.6. The van der Waals surface area contributed by atoms with E-state index in [0.717, 1.165) is 6.42 Å². The molecule has 0 bridgehead atoms. The van der Waals surface area contributed by atoms with Crippen LogP contribution in [0, 0.1) is 0 Å². The minimum absolute atomic E-state index is 0.208. The number of nitrogens with zero attached hydrogens (tertiary/aromatic N) is 1. The Hall–Kier alpha value is -1.42. The van der Waals surface area contributed by atoms with Crippen molar-refractivity contribution in [2.75, 3.05) is 0 Å². The van der Waals surface area contributed by atoms with Crippen molar-refractivity contribution in [1.29, 1.82) is 0 Å². The molecular weight excluding hydrogens is 202 g/mol. The summed E-state index contributed by atoms with van der Waals surface area (Å²) in [5.74, 6) is -0.411. The number of nitrogens with two attached hydrogens (primary N) is 1.